The van der Waals surface area contributed by atoms with E-state index >= 15 is 0 Å². The molecule has 0 aromatic rings. The number of hydrogen-bond acceptors (Lipinski definition) is 5. The Bertz CT molecular complexity index is 458. The Morgan fingerprint density at radius 3 is 2.50 bits per heavy atom. The van der Waals surface area contributed by atoms with E-state index in [1.54, 1.807) is 6.92 Å². The van der Waals surface area contributed by atoms with Gasteiger partial charge in [-0.1, -0.05) is 34.6 Å². The minimum Gasteiger partial charge on any atom is -0.349 e. The molecule has 3 amide bonds. The van der Waals surface area contributed by atoms with Crippen LogP contribution in [0, 0.1) is 5.92 Å². The van der Waals surface area contributed by atoms with Crippen molar-refractivity contribution in [2.24, 2.45) is 5.92 Å². The fraction of sp³-hybridized carbons (Fsp3) is 0.765. The van der Waals surface area contributed by atoms with Crippen molar-refractivity contribution in [3.05, 3.63) is 0 Å². The molecule has 1 aliphatic heterocycles. The molecule has 0 aliphatic carbocycles. The van der Waals surface area contributed by atoms with E-state index in [1.165, 1.54) is 16.7 Å². The Kier molecular flexibility index (Phi) is 11.4. The highest BCUT2D eigenvalue weighted by atomic mass is 32.2. The lowest BCUT2D eigenvalue weighted by Crippen LogP contribution is -2.34. The van der Waals surface area contributed by atoms with Crippen LogP contribution in [-0.2, 0) is 19.2 Å². The molecule has 1 aliphatic rings. The number of nitrogens with zero attached hydrogens (tertiary/aromatic N) is 1. The highest BCUT2D eigenvalue weighted by Crippen LogP contribution is 2.26. The molecule has 140 valence electrons. The van der Waals surface area contributed by atoms with Gasteiger partial charge in [0.1, 0.15) is 0 Å². The number of Topliss-reactive ketones (excluding diaryl/α,β-unsaturated/α-hetero) is 1. The maximum absolute atomic E-state index is 12.1. The van der Waals surface area contributed by atoms with E-state index < -0.39 is 0 Å². The second-order valence-corrected chi connectivity index (χ2v) is 7.03. The monoisotopic (exact) mass is 360 g/mol. The molecule has 1 rings (SSSR count). The van der Waals surface area contributed by atoms with E-state index in [9.17, 15) is 19.2 Å². The molecule has 0 saturated carbocycles. The zero-order valence-corrected chi connectivity index (χ0v) is 16.2. The van der Waals surface area contributed by atoms with E-state index in [0.29, 0.717) is 18.7 Å². The van der Waals surface area contributed by atoms with Crippen molar-refractivity contribution in [1.29, 1.82) is 0 Å². The highest BCUT2D eigenvalue weighted by Gasteiger charge is 2.38. The molecule has 0 bridgehead atoms. The third-order valence-corrected chi connectivity index (χ3v) is 4.49. The molecular formula is C17H32N2O4S. The second-order valence-electron chi connectivity index (χ2n) is 5.72. The molecule has 0 spiro atoms. The average molecular weight is 361 g/mol. The molecule has 0 radical (unpaired) electrons. The highest BCUT2D eigenvalue weighted by molar-refractivity contribution is 8.00. The van der Waals surface area contributed by atoms with Crippen molar-refractivity contribution in [2.75, 3.05) is 18.8 Å². The molecule has 1 fully saturated rings. The third kappa shape index (κ3) is 7.95. The second kappa shape index (κ2) is 12.1. The zero-order chi connectivity index (χ0) is 18.7. The van der Waals surface area contributed by atoms with Gasteiger partial charge in [0.2, 0.25) is 17.7 Å². The van der Waals surface area contributed by atoms with Crippen LogP contribution in [0.2, 0.25) is 0 Å². The largest absolute Gasteiger partial charge is 0.349 e. The lowest BCUT2D eigenvalue weighted by Gasteiger charge is -2.16. The van der Waals surface area contributed by atoms with Crippen LogP contribution < -0.4 is 5.32 Å². The van der Waals surface area contributed by atoms with E-state index in [1.807, 2.05) is 27.7 Å². The smallest absolute Gasteiger partial charge is 0.242 e. The van der Waals surface area contributed by atoms with Crippen molar-refractivity contribution in [3.63, 3.8) is 0 Å². The molecule has 0 aromatic heterocycles. The van der Waals surface area contributed by atoms with Gasteiger partial charge in [-0.15, -0.1) is 11.8 Å². The van der Waals surface area contributed by atoms with Crippen LogP contribution in [0.25, 0.3) is 0 Å². The predicted molar refractivity (Wildman–Crippen MR) is 98.8 cm³/mol. The average Bonchev–Trinajstić information content (AvgIpc) is 2.81. The number of nitrogens with one attached hydrogen (secondary N) is 1. The van der Waals surface area contributed by atoms with Crippen LogP contribution in [0.4, 0.5) is 0 Å². The fourth-order valence-corrected chi connectivity index (χ4v) is 3.16. The normalized spacial score (nSPS) is 16.9. The number of carbonyl (C=O) groups is 4. The lowest BCUT2D eigenvalue weighted by molar-refractivity contribution is -0.138. The summed E-state index contributed by atoms with van der Waals surface area (Å²) in [7, 11) is 0. The van der Waals surface area contributed by atoms with Gasteiger partial charge in [0, 0.05) is 33.0 Å². The number of ketones is 1. The van der Waals surface area contributed by atoms with Gasteiger partial charge in [-0.2, -0.15) is 0 Å². The molecular weight excluding hydrogens is 328 g/mol. The summed E-state index contributed by atoms with van der Waals surface area (Å²) in [5, 5.41) is 2.17. The van der Waals surface area contributed by atoms with Gasteiger partial charge in [0.15, 0.2) is 5.78 Å². The summed E-state index contributed by atoms with van der Waals surface area (Å²) in [4.78, 5) is 47.9. The van der Waals surface area contributed by atoms with Gasteiger partial charge in [0.05, 0.1) is 11.8 Å². The number of likely N-dealkylation sites (tertiary alicyclic amines) is 1. The van der Waals surface area contributed by atoms with E-state index in [0.717, 1.165) is 0 Å². The predicted octanol–water partition coefficient (Wildman–Crippen LogP) is 2.26. The Hall–Kier alpha value is -1.37. The number of hydrogen-bond donors (Lipinski definition) is 1. The van der Waals surface area contributed by atoms with E-state index in [4.69, 9.17) is 0 Å². The maximum Gasteiger partial charge on any atom is 0.242 e. The Balaban J connectivity index is 0. The number of carbonyl (C=O) groups excluding carboxylic acids is 4. The van der Waals surface area contributed by atoms with Crippen molar-refractivity contribution in [3.8, 4) is 0 Å². The van der Waals surface area contributed by atoms with Gasteiger partial charge in [-0.05, 0) is 5.92 Å². The summed E-state index contributed by atoms with van der Waals surface area (Å²) in [5.74, 6) is 0.218. The van der Waals surface area contributed by atoms with E-state index in [2.05, 4.69) is 5.32 Å². The summed E-state index contributed by atoms with van der Waals surface area (Å²) < 4.78 is 0. The van der Waals surface area contributed by atoms with Crippen molar-refractivity contribution < 1.29 is 20.6 Å². The summed E-state index contributed by atoms with van der Waals surface area (Å²) in [6, 6.07) is 0. The van der Waals surface area contributed by atoms with Crippen LogP contribution in [0.1, 0.15) is 55.3 Å². The first-order valence-electron chi connectivity index (χ1n) is 8.59. The first-order valence-corrected chi connectivity index (χ1v) is 9.64. The topological polar surface area (TPSA) is 83.6 Å². The molecule has 1 atom stereocenters. The Morgan fingerprint density at radius 2 is 1.96 bits per heavy atom. The van der Waals surface area contributed by atoms with Gasteiger partial charge in [-0.3, -0.25) is 24.1 Å². The van der Waals surface area contributed by atoms with E-state index in [-0.39, 0.29) is 55.5 Å². The molecule has 1 unspecified atom stereocenters. The summed E-state index contributed by atoms with van der Waals surface area (Å²) >= 11 is 1.34. The summed E-state index contributed by atoms with van der Waals surface area (Å²) in [5.41, 5.74) is 0. The SMILES string of the molecule is CC.CCC(=O)CNC(=O)CCSC1CC(=O)N(CC(C)C)C1=O.[HH]. The molecule has 24 heavy (non-hydrogen) atoms. The van der Waals surface area contributed by atoms with Crippen LogP contribution in [0.3, 0.4) is 0 Å². The number of amides is 3. The number of imide groups is 1. The third-order valence-electron chi connectivity index (χ3n) is 3.28. The summed E-state index contributed by atoms with van der Waals surface area (Å²) in [6.07, 6.45) is 0.857. The van der Waals surface area contributed by atoms with Gasteiger partial charge >= 0.3 is 0 Å². The number of rotatable bonds is 9. The Morgan fingerprint density at radius 1 is 1.33 bits per heavy atom. The van der Waals surface area contributed by atoms with Gasteiger partial charge in [-0.25, -0.2) is 0 Å². The molecule has 6 nitrogen and oxygen atoms in total. The van der Waals surface area contributed by atoms with Crippen LogP contribution in [0.5, 0.6) is 0 Å². The summed E-state index contributed by atoms with van der Waals surface area (Å²) in [6.45, 7) is 10.2. The zero-order valence-electron chi connectivity index (χ0n) is 15.4. The minimum atomic E-state index is -0.378. The quantitative estimate of drug-likeness (QED) is 0.638. The lowest BCUT2D eigenvalue weighted by atomic mass is 10.2. The van der Waals surface area contributed by atoms with Gasteiger partial charge < -0.3 is 5.32 Å². The standard InChI is InChI=1S/C15H24N2O4S.C2H6.H2/c1-4-11(18)8-16-13(19)5-6-22-12-7-14(20)17(15(12)21)9-10(2)3;1-2;/h10,12H,4-9H2,1-3H3,(H,16,19);1-2H3;1H. The molecule has 1 N–H and O–H groups in total. The molecule has 1 heterocycles. The maximum atomic E-state index is 12.1. The Labute approximate surface area is 150 Å². The minimum absolute atomic E-state index is 0. The van der Waals surface area contributed by atoms with Crippen LogP contribution >= 0.6 is 11.8 Å². The van der Waals surface area contributed by atoms with Crippen molar-refractivity contribution in [2.45, 2.75) is 59.1 Å². The first-order chi connectivity index (χ1) is 11.3. The molecule has 1 saturated heterocycles. The van der Waals surface area contributed by atoms with Crippen LogP contribution in [-0.4, -0.2) is 52.5 Å². The fourth-order valence-electron chi connectivity index (χ4n) is 2.04. The molecule has 0 aromatic carbocycles. The van der Waals surface area contributed by atoms with Crippen LogP contribution in [0.15, 0.2) is 0 Å². The molecule has 7 heteroatoms. The number of thioether (sulfide) groups is 1. The van der Waals surface area contributed by atoms with Crippen molar-refractivity contribution in [1.82, 2.24) is 10.2 Å². The van der Waals surface area contributed by atoms with Gasteiger partial charge in [0.25, 0.3) is 0 Å². The van der Waals surface area contributed by atoms with Crippen molar-refractivity contribution >= 4 is 35.3 Å². The first kappa shape index (κ1) is 22.6.